The fourth-order valence-electron chi connectivity index (χ4n) is 2.69. The zero-order valence-electron chi connectivity index (χ0n) is 12.6. The highest BCUT2D eigenvalue weighted by molar-refractivity contribution is 5.50. The van der Waals surface area contributed by atoms with Crippen molar-refractivity contribution in [3.05, 3.63) is 59.7 Å². The molecule has 4 heteroatoms. The van der Waals surface area contributed by atoms with Crippen LogP contribution in [0.3, 0.4) is 0 Å². The fourth-order valence-corrected chi connectivity index (χ4v) is 2.69. The quantitative estimate of drug-likeness (QED) is 0.835. The number of nitrogens with one attached hydrogen (secondary N) is 1. The van der Waals surface area contributed by atoms with Gasteiger partial charge in [0.05, 0.1) is 11.6 Å². The number of para-hydroxylation sites is 1. The van der Waals surface area contributed by atoms with Crippen molar-refractivity contribution in [2.45, 2.75) is 31.6 Å². The summed E-state index contributed by atoms with van der Waals surface area (Å²) in [5.41, 5.74) is 0.120. The first-order valence-corrected chi connectivity index (χ1v) is 7.21. The number of anilines is 1. The van der Waals surface area contributed by atoms with Gasteiger partial charge in [-0.05, 0) is 44.2 Å². The first-order valence-electron chi connectivity index (χ1n) is 7.21. The minimum Gasteiger partial charge on any atom is -0.483 e. The smallest absolute Gasteiger partial charge is 0.179 e. The van der Waals surface area contributed by atoms with Crippen molar-refractivity contribution in [3.8, 4) is 11.8 Å². The van der Waals surface area contributed by atoms with Crippen molar-refractivity contribution in [1.29, 1.82) is 5.26 Å². The van der Waals surface area contributed by atoms with Gasteiger partial charge in [-0.15, -0.1) is 0 Å². The van der Waals surface area contributed by atoms with E-state index < -0.39 is 11.3 Å². The number of hydrogen-bond acceptors (Lipinski definition) is 4. The Bertz CT molecular complexity index is 734. The van der Waals surface area contributed by atoms with Gasteiger partial charge < -0.3 is 15.2 Å². The molecule has 3 rings (SSSR count). The molecule has 1 aliphatic heterocycles. The summed E-state index contributed by atoms with van der Waals surface area (Å²) in [6, 6.07) is 16.9. The average Bonchev–Trinajstić information content (AvgIpc) is 2.48. The minimum absolute atomic E-state index is 0.361. The highest BCUT2D eigenvalue weighted by Gasteiger charge is 2.49. The molecule has 0 saturated heterocycles. The van der Waals surface area contributed by atoms with Gasteiger partial charge in [-0.25, -0.2) is 0 Å². The predicted molar refractivity (Wildman–Crippen MR) is 84.6 cm³/mol. The second-order valence-corrected chi connectivity index (χ2v) is 6.07. The normalized spacial score (nSPS) is 22.1. The SMILES string of the molecule is CC1(C)Oc2ccc(C#N)cc2CC1(O)Nc1ccccc1. The molecule has 0 aliphatic carbocycles. The maximum Gasteiger partial charge on any atom is 0.179 e. The molecule has 4 nitrogen and oxygen atoms in total. The van der Waals surface area contributed by atoms with Crippen LogP contribution in [-0.4, -0.2) is 16.4 Å². The van der Waals surface area contributed by atoms with Crippen LogP contribution in [0.4, 0.5) is 5.69 Å². The molecule has 1 atom stereocenters. The summed E-state index contributed by atoms with van der Waals surface area (Å²) in [5.74, 6) is 0.712. The average molecular weight is 294 g/mol. The molecule has 1 aliphatic rings. The van der Waals surface area contributed by atoms with Crippen molar-refractivity contribution in [2.75, 3.05) is 5.32 Å². The summed E-state index contributed by atoms with van der Waals surface area (Å²) in [4.78, 5) is 0. The van der Waals surface area contributed by atoms with Gasteiger partial charge in [-0.2, -0.15) is 5.26 Å². The molecule has 2 aromatic rings. The number of hydrogen-bond donors (Lipinski definition) is 2. The Kier molecular flexibility index (Phi) is 3.31. The van der Waals surface area contributed by atoms with E-state index in [9.17, 15) is 5.11 Å². The van der Waals surface area contributed by atoms with Crippen molar-refractivity contribution in [1.82, 2.24) is 0 Å². The Morgan fingerprint density at radius 3 is 2.59 bits per heavy atom. The molecule has 112 valence electrons. The Morgan fingerprint density at radius 1 is 1.18 bits per heavy atom. The van der Waals surface area contributed by atoms with Gasteiger partial charge in [-0.1, -0.05) is 18.2 Å². The van der Waals surface area contributed by atoms with Crippen LogP contribution in [0.1, 0.15) is 25.0 Å². The monoisotopic (exact) mass is 294 g/mol. The van der Waals surface area contributed by atoms with Crippen LogP contribution in [0, 0.1) is 11.3 Å². The van der Waals surface area contributed by atoms with Crippen LogP contribution >= 0.6 is 0 Å². The molecule has 0 bridgehead atoms. The van der Waals surface area contributed by atoms with Crippen molar-refractivity contribution < 1.29 is 9.84 Å². The Morgan fingerprint density at radius 2 is 1.91 bits per heavy atom. The van der Waals surface area contributed by atoms with E-state index >= 15 is 0 Å². The zero-order valence-corrected chi connectivity index (χ0v) is 12.6. The minimum atomic E-state index is -1.27. The molecular formula is C18H18N2O2. The number of benzene rings is 2. The van der Waals surface area contributed by atoms with Gasteiger partial charge in [0.15, 0.2) is 11.3 Å². The van der Waals surface area contributed by atoms with Gasteiger partial charge in [-0.3, -0.25) is 0 Å². The number of aliphatic hydroxyl groups is 1. The molecule has 0 saturated carbocycles. The summed E-state index contributed by atoms with van der Waals surface area (Å²) in [6.45, 7) is 3.70. The molecule has 0 fully saturated rings. The molecule has 0 aromatic heterocycles. The number of fused-ring (bicyclic) bond motifs is 1. The van der Waals surface area contributed by atoms with Gasteiger partial charge in [0.25, 0.3) is 0 Å². The van der Waals surface area contributed by atoms with Gasteiger partial charge >= 0.3 is 0 Å². The van der Waals surface area contributed by atoms with Crippen LogP contribution in [0.2, 0.25) is 0 Å². The number of nitrogens with zero attached hydrogens (tertiary/aromatic N) is 1. The van der Waals surface area contributed by atoms with Gasteiger partial charge in [0, 0.05) is 17.7 Å². The van der Waals surface area contributed by atoms with E-state index in [0.29, 0.717) is 17.7 Å². The summed E-state index contributed by atoms with van der Waals surface area (Å²) < 4.78 is 5.98. The van der Waals surface area contributed by atoms with Crippen LogP contribution in [0.25, 0.3) is 0 Å². The lowest BCUT2D eigenvalue weighted by atomic mass is 9.84. The predicted octanol–water partition coefficient (Wildman–Crippen LogP) is 3.07. The third-order valence-electron chi connectivity index (χ3n) is 4.12. The summed E-state index contributed by atoms with van der Waals surface area (Å²) in [5, 5.41) is 23.4. The molecule has 0 radical (unpaired) electrons. The maximum atomic E-state index is 11.1. The Hall–Kier alpha value is -2.51. The van der Waals surface area contributed by atoms with Crippen molar-refractivity contribution in [2.24, 2.45) is 0 Å². The van der Waals surface area contributed by atoms with Gasteiger partial charge in [0.1, 0.15) is 5.75 Å². The highest BCUT2D eigenvalue weighted by Crippen LogP contribution is 2.40. The number of ether oxygens (including phenoxy) is 1. The molecule has 0 spiro atoms. The van der Waals surface area contributed by atoms with Crippen LogP contribution in [0.15, 0.2) is 48.5 Å². The fraction of sp³-hybridized carbons (Fsp3) is 0.278. The number of rotatable bonds is 2. The maximum absolute atomic E-state index is 11.1. The largest absolute Gasteiger partial charge is 0.483 e. The van der Waals surface area contributed by atoms with Crippen molar-refractivity contribution in [3.63, 3.8) is 0 Å². The van der Waals surface area contributed by atoms with E-state index in [0.717, 1.165) is 11.3 Å². The summed E-state index contributed by atoms with van der Waals surface area (Å²) in [6.07, 6.45) is 0.361. The standard InChI is InChI=1S/C18H18N2O2/c1-17(2)18(21,20-15-6-4-3-5-7-15)11-14-10-13(12-19)8-9-16(14)22-17/h3-10,20-21H,11H2,1-2H3. The van der Waals surface area contributed by atoms with Crippen LogP contribution in [0.5, 0.6) is 5.75 Å². The molecule has 2 aromatic carbocycles. The van der Waals surface area contributed by atoms with E-state index in [-0.39, 0.29) is 0 Å². The van der Waals surface area contributed by atoms with E-state index in [1.165, 1.54) is 0 Å². The second kappa shape index (κ2) is 5.04. The van der Waals surface area contributed by atoms with E-state index in [1.54, 1.807) is 18.2 Å². The zero-order chi connectivity index (χ0) is 15.8. The molecule has 1 heterocycles. The van der Waals surface area contributed by atoms with Crippen molar-refractivity contribution >= 4 is 5.69 Å². The van der Waals surface area contributed by atoms with Crippen LogP contribution < -0.4 is 10.1 Å². The molecule has 22 heavy (non-hydrogen) atoms. The Balaban J connectivity index is 1.98. The molecular weight excluding hydrogens is 276 g/mol. The third kappa shape index (κ3) is 2.40. The molecule has 0 amide bonds. The van der Waals surface area contributed by atoms with E-state index in [2.05, 4.69) is 11.4 Å². The second-order valence-electron chi connectivity index (χ2n) is 6.07. The highest BCUT2D eigenvalue weighted by atomic mass is 16.5. The molecule has 1 unspecified atom stereocenters. The third-order valence-corrected chi connectivity index (χ3v) is 4.12. The lowest BCUT2D eigenvalue weighted by molar-refractivity contribution is -0.108. The van der Waals surface area contributed by atoms with Gasteiger partial charge in [0.2, 0.25) is 0 Å². The Labute approximate surface area is 130 Å². The van der Waals surface area contributed by atoms with Crippen LogP contribution in [-0.2, 0) is 6.42 Å². The first-order chi connectivity index (χ1) is 10.4. The number of nitriles is 1. The summed E-state index contributed by atoms with van der Waals surface area (Å²) in [7, 11) is 0. The first kappa shape index (κ1) is 14.4. The molecule has 2 N–H and O–H groups in total. The van der Waals surface area contributed by atoms with E-state index in [4.69, 9.17) is 10.00 Å². The lowest BCUT2D eigenvalue weighted by Crippen LogP contribution is -2.62. The summed E-state index contributed by atoms with van der Waals surface area (Å²) >= 11 is 0. The lowest BCUT2D eigenvalue weighted by Gasteiger charge is -2.47. The van der Waals surface area contributed by atoms with E-state index in [1.807, 2.05) is 44.2 Å². The topological polar surface area (TPSA) is 65.3 Å².